The van der Waals surface area contributed by atoms with Crippen molar-refractivity contribution in [3.8, 4) is 0 Å². The molecule has 5 rings (SSSR count). The standard InChI is InChI=1S/C25H27N5O7S2/c26-39(35,36)37-11-15-7-17(9-20(15)31)30-23-18(10-27-13-28-23)22(32)21-8-16(12-38-21)25(24(33)34)19-4-2-1-3-14(19)5-6-29-25/h1-4,8,10,12-13,15,17,20,29,31H,5-7,9,11H2,(H,33,34)(H2,26,35,36)(H,27,28,30)/t15-,17-,20+,25-/m1/s1. The number of anilines is 1. The average molecular weight is 574 g/mol. The van der Waals surface area contributed by atoms with Gasteiger partial charge in [-0.25, -0.2) is 19.9 Å². The van der Waals surface area contributed by atoms with E-state index in [1.165, 1.54) is 12.5 Å². The number of fused-ring (bicyclic) bond motifs is 1. The molecular weight excluding hydrogens is 546 g/mol. The Morgan fingerprint density at radius 2 is 2.08 bits per heavy atom. The molecule has 6 N–H and O–H groups in total. The van der Waals surface area contributed by atoms with E-state index in [1.54, 1.807) is 23.6 Å². The third kappa shape index (κ3) is 5.44. The molecule has 1 aliphatic carbocycles. The maximum absolute atomic E-state index is 13.6. The molecule has 0 saturated heterocycles. The zero-order valence-corrected chi connectivity index (χ0v) is 22.2. The molecule has 0 amide bonds. The lowest BCUT2D eigenvalue weighted by Crippen LogP contribution is -2.53. The number of ketones is 1. The van der Waals surface area contributed by atoms with Gasteiger partial charge in [-0.3, -0.25) is 14.3 Å². The Bertz CT molecular complexity index is 1510. The van der Waals surface area contributed by atoms with Crippen LogP contribution in [-0.4, -0.2) is 65.6 Å². The van der Waals surface area contributed by atoms with Crippen molar-refractivity contribution in [3.05, 3.63) is 75.4 Å². The summed E-state index contributed by atoms with van der Waals surface area (Å²) in [6.07, 6.45) is 3.18. The number of benzene rings is 1. The highest BCUT2D eigenvalue weighted by Crippen LogP contribution is 2.38. The molecular formula is C25H27N5O7S2. The largest absolute Gasteiger partial charge is 0.479 e. The summed E-state index contributed by atoms with van der Waals surface area (Å²) >= 11 is 1.14. The van der Waals surface area contributed by atoms with Crippen molar-refractivity contribution in [2.24, 2.45) is 11.1 Å². The SMILES string of the molecule is NS(=O)(=O)OC[C@H]1C[C@@H](Nc2ncncc2C(=O)c2cc([C@@]3(C(=O)O)NCCc4ccccc43)cs2)C[C@@H]1O. The molecule has 12 nitrogen and oxygen atoms in total. The minimum Gasteiger partial charge on any atom is -0.479 e. The molecule has 14 heteroatoms. The van der Waals surface area contributed by atoms with Crippen LogP contribution in [0.25, 0.3) is 0 Å². The van der Waals surface area contributed by atoms with Crippen molar-refractivity contribution in [1.29, 1.82) is 0 Å². The van der Waals surface area contributed by atoms with E-state index in [1.807, 2.05) is 12.1 Å². The number of nitrogens with zero attached hydrogens (tertiary/aromatic N) is 2. The summed E-state index contributed by atoms with van der Waals surface area (Å²) < 4.78 is 26.9. The first kappa shape index (κ1) is 27.3. The molecule has 1 aliphatic heterocycles. The van der Waals surface area contributed by atoms with Crippen molar-refractivity contribution in [3.63, 3.8) is 0 Å². The summed E-state index contributed by atoms with van der Waals surface area (Å²) in [6, 6.07) is 8.66. The summed E-state index contributed by atoms with van der Waals surface area (Å²) in [5.74, 6) is -1.66. The van der Waals surface area contributed by atoms with Gasteiger partial charge in [-0.05, 0) is 47.4 Å². The molecule has 206 valence electrons. The van der Waals surface area contributed by atoms with Gasteiger partial charge in [-0.2, -0.15) is 8.42 Å². The topological polar surface area (TPSA) is 194 Å². The van der Waals surface area contributed by atoms with Crippen molar-refractivity contribution >= 4 is 39.2 Å². The Hall–Kier alpha value is -3.27. The molecule has 0 unspecified atom stereocenters. The Morgan fingerprint density at radius 3 is 2.85 bits per heavy atom. The van der Waals surface area contributed by atoms with E-state index < -0.39 is 33.8 Å². The van der Waals surface area contributed by atoms with Gasteiger partial charge in [-0.15, -0.1) is 11.3 Å². The zero-order chi connectivity index (χ0) is 27.8. The number of hydrogen-bond donors (Lipinski definition) is 5. The molecule has 39 heavy (non-hydrogen) atoms. The van der Waals surface area contributed by atoms with Gasteiger partial charge in [0.15, 0.2) is 5.54 Å². The number of thiophene rings is 1. The molecule has 2 aromatic heterocycles. The van der Waals surface area contributed by atoms with E-state index in [-0.39, 0.29) is 36.2 Å². The molecule has 1 saturated carbocycles. The van der Waals surface area contributed by atoms with E-state index in [2.05, 4.69) is 24.8 Å². The van der Waals surface area contributed by atoms with E-state index >= 15 is 0 Å². The maximum Gasteiger partial charge on any atom is 0.333 e. The smallest absolute Gasteiger partial charge is 0.333 e. The van der Waals surface area contributed by atoms with E-state index in [0.29, 0.717) is 35.4 Å². The first-order valence-corrected chi connectivity index (χ1v) is 14.6. The average Bonchev–Trinajstić information content (AvgIpc) is 3.53. The quantitative estimate of drug-likeness (QED) is 0.229. The number of nitrogens with two attached hydrogens (primary N) is 1. The maximum atomic E-state index is 13.6. The van der Waals surface area contributed by atoms with Gasteiger partial charge in [0.05, 0.1) is 23.2 Å². The molecule has 2 aliphatic rings. The van der Waals surface area contributed by atoms with Crippen molar-refractivity contribution < 1.29 is 32.4 Å². The molecule has 1 fully saturated rings. The number of aliphatic carboxylic acids is 1. The lowest BCUT2D eigenvalue weighted by molar-refractivity contribution is -0.143. The number of rotatable bonds is 9. The fraction of sp³-hybridized carbons (Fsp3) is 0.360. The Morgan fingerprint density at radius 1 is 1.28 bits per heavy atom. The van der Waals surface area contributed by atoms with E-state index in [9.17, 15) is 28.2 Å². The predicted molar refractivity (Wildman–Crippen MR) is 142 cm³/mol. The molecule has 3 heterocycles. The molecule has 4 atom stereocenters. The summed E-state index contributed by atoms with van der Waals surface area (Å²) in [5, 5.41) is 33.6. The Balaban J connectivity index is 1.38. The first-order chi connectivity index (χ1) is 18.6. The van der Waals surface area contributed by atoms with E-state index in [0.717, 1.165) is 16.9 Å². The molecule has 3 aromatic rings. The molecule has 0 spiro atoms. The number of carbonyl (C=O) groups excluding carboxylic acids is 1. The number of aliphatic hydroxyl groups is 1. The second-order valence-corrected chi connectivity index (χ2v) is 11.8. The summed E-state index contributed by atoms with van der Waals surface area (Å²) in [5.41, 5.74) is 0.745. The van der Waals surface area contributed by atoms with Gasteiger partial charge in [0.25, 0.3) is 0 Å². The lowest BCUT2D eigenvalue weighted by Gasteiger charge is -2.36. The molecule has 0 radical (unpaired) electrons. The van der Waals surface area contributed by atoms with Crippen LogP contribution in [-0.2, 0) is 31.2 Å². The Labute approximate surface area is 228 Å². The third-order valence-corrected chi connectivity index (χ3v) is 8.58. The van der Waals surface area contributed by atoms with Crippen molar-refractivity contribution in [2.45, 2.75) is 36.9 Å². The first-order valence-electron chi connectivity index (χ1n) is 12.2. The van der Waals surface area contributed by atoms with Crippen LogP contribution in [0.15, 0.2) is 48.2 Å². The normalized spacial score (nSPS) is 24.7. The van der Waals surface area contributed by atoms with Crippen LogP contribution >= 0.6 is 11.3 Å². The zero-order valence-electron chi connectivity index (χ0n) is 20.6. The van der Waals surface area contributed by atoms with Gasteiger partial charge in [-0.1, -0.05) is 24.3 Å². The lowest BCUT2D eigenvalue weighted by atomic mass is 9.78. The fourth-order valence-corrected chi connectivity index (χ4v) is 6.60. The van der Waals surface area contributed by atoms with Crippen LogP contribution < -0.4 is 15.8 Å². The summed E-state index contributed by atoms with van der Waals surface area (Å²) in [6.45, 7) is 0.216. The highest BCUT2D eigenvalue weighted by Gasteiger charge is 2.46. The minimum absolute atomic E-state index is 0.186. The third-order valence-electron chi connectivity index (χ3n) is 7.18. The van der Waals surface area contributed by atoms with Crippen LogP contribution in [0.3, 0.4) is 0 Å². The van der Waals surface area contributed by atoms with Gasteiger partial charge >= 0.3 is 16.3 Å². The predicted octanol–water partition coefficient (Wildman–Crippen LogP) is 1.01. The fourth-order valence-electron chi connectivity index (χ4n) is 5.33. The number of aliphatic hydroxyl groups excluding tert-OH is 1. The Kier molecular flexibility index (Phi) is 7.50. The van der Waals surface area contributed by atoms with Crippen LogP contribution in [0, 0.1) is 5.92 Å². The second-order valence-electron chi connectivity index (χ2n) is 9.62. The molecule has 1 aromatic carbocycles. The summed E-state index contributed by atoms with van der Waals surface area (Å²) in [4.78, 5) is 34.8. The minimum atomic E-state index is -4.13. The van der Waals surface area contributed by atoms with Crippen molar-refractivity contribution in [1.82, 2.24) is 15.3 Å². The highest BCUT2D eigenvalue weighted by atomic mass is 32.2. The van der Waals surface area contributed by atoms with Crippen LogP contribution in [0.5, 0.6) is 0 Å². The number of nitrogens with one attached hydrogen (secondary N) is 2. The van der Waals surface area contributed by atoms with Gasteiger partial charge in [0.1, 0.15) is 12.1 Å². The number of carboxylic acids is 1. The van der Waals surface area contributed by atoms with Crippen LogP contribution in [0.4, 0.5) is 5.82 Å². The van der Waals surface area contributed by atoms with Crippen molar-refractivity contribution in [2.75, 3.05) is 18.5 Å². The number of carbonyl (C=O) groups is 2. The number of aromatic nitrogens is 2. The van der Waals surface area contributed by atoms with Gasteiger partial charge in [0.2, 0.25) is 5.78 Å². The van der Waals surface area contributed by atoms with Gasteiger partial charge in [0, 0.05) is 24.7 Å². The second kappa shape index (κ2) is 10.7. The van der Waals surface area contributed by atoms with Crippen LogP contribution in [0.1, 0.15) is 44.8 Å². The monoisotopic (exact) mass is 573 g/mol. The van der Waals surface area contributed by atoms with E-state index in [4.69, 9.17) is 5.14 Å². The highest BCUT2D eigenvalue weighted by molar-refractivity contribution is 7.84. The van der Waals surface area contributed by atoms with Gasteiger partial charge < -0.3 is 15.5 Å². The molecule has 0 bridgehead atoms. The number of carboxylic acid groups (broad SMARTS) is 1. The summed E-state index contributed by atoms with van der Waals surface area (Å²) in [7, 11) is -4.13. The number of hydrogen-bond acceptors (Lipinski definition) is 11. The van der Waals surface area contributed by atoms with Crippen LogP contribution in [0.2, 0.25) is 0 Å².